The second-order valence-electron chi connectivity index (χ2n) is 5.15. The molecule has 0 bridgehead atoms. The van der Waals surface area contributed by atoms with Crippen molar-refractivity contribution >= 4 is 0 Å². The summed E-state index contributed by atoms with van der Waals surface area (Å²) in [6.45, 7) is 5.92. The van der Waals surface area contributed by atoms with E-state index in [2.05, 4.69) is 38.9 Å². The zero-order valence-electron chi connectivity index (χ0n) is 10.2. The number of nitrogens with zero attached hydrogens (tertiary/aromatic N) is 1. The minimum absolute atomic E-state index is 0.891. The molecule has 0 radical (unpaired) electrons. The van der Waals surface area contributed by atoms with Crippen LogP contribution in [0.25, 0.3) is 0 Å². The van der Waals surface area contributed by atoms with Crippen molar-refractivity contribution in [2.75, 3.05) is 20.6 Å². The Morgan fingerprint density at radius 2 is 2.21 bits per heavy atom. The maximum Gasteiger partial charge on any atom is -0.00222 e. The first-order chi connectivity index (χ1) is 6.59. The average molecular weight is 195 g/mol. The van der Waals surface area contributed by atoms with Crippen molar-refractivity contribution in [3.63, 3.8) is 0 Å². The van der Waals surface area contributed by atoms with Crippen LogP contribution in [0.15, 0.2) is 11.6 Å². The summed E-state index contributed by atoms with van der Waals surface area (Å²) in [6.07, 6.45) is 7.86. The number of hydrogen-bond donors (Lipinski definition) is 0. The van der Waals surface area contributed by atoms with E-state index in [0.717, 1.165) is 11.8 Å². The molecule has 0 spiro atoms. The van der Waals surface area contributed by atoms with E-state index in [0.29, 0.717) is 0 Å². The lowest BCUT2D eigenvalue weighted by atomic mass is 9.80. The van der Waals surface area contributed by atoms with Gasteiger partial charge in [0.15, 0.2) is 0 Å². The van der Waals surface area contributed by atoms with Gasteiger partial charge in [-0.05, 0) is 65.1 Å². The van der Waals surface area contributed by atoms with Crippen molar-refractivity contribution in [3.8, 4) is 0 Å². The van der Waals surface area contributed by atoms with Gasteiger partial charge in [0.2, 0.25) is 0 Å². The third kappa shape index (κ3) is 3.83. The Morgan fingerprint density at radius 3 is 2.71 bits per heavy atom. The normalized spacial score (nSPS) is 24.9. The molecule has 0 aromatic heterocycles. The topological polar surface area (TPSA) is 3.24 Å². The van der Waals surface area contributed by atoms with Gasteiger partial charge < -0.3 is 4.90 Å². The van der Waals surface area contributed by atoms with E-state index in [-0.39, 0.29) is 0 Å². The van der Waals surface area contributed by atoms with Crippen molar-refractivity contribution in [2.24, 2.45) is 11.8 Å². The van der Waals surface area contributed by atoms with E-state index in [1.165, 1.54) is 32.2 Å². The highest BCUT2D eigenvalue weighted by molar-refractivity contribution is 5.03. The third-order valence-electron chi connectivity index (χ3n) is 3.51. The van der Waals surface area contributed by atoms with Gasteiger partial charge in [0.25, 0.3) is 0 Å². The zero-order chi connectivity index (χ0) is 10.6. The fourth-order valence-corrected chi connectivity index (χ4v) is 2.20. The van der Waals surface area contributed by atoms with E-state index in [9.17, 15) is 0 Å². The second kappa shape index (κ2) is 5.55. The molecular weight excluding hydrogens is 170 g/mol. The van der Waals surface area contributed by atoms with Gasteiger partial charge in [0.05, 0.1) is 0 Å². The van der Waals surface area contributed by atoms with Gasteiger partial charge in [-0.2, -0.15) is 0 Å². The summed E-state index contributed by atoms with van der Waals surface area (Å²) in [5, 5.41) is 0. The molecule has 0 saturated heterocycles. The molecule has 82 valence electrons. The quantitative estimate of drug-likeness (QED) is 0.622. The monoisotopic (exact) mass is 195 g/mol. The maximum absolute atomic E-state index is 2.44. The summed E-state index contributed by atoms with van der Waals surface area (Å²) in [4.78, 5) is 2.29. The van der Waals surface area contributed by atoms with Gasteiger partial charge in [-0.1, -0.05) is 18.6 Å². The molecule has 1 aliphatic rings. The molecule has 2 unspecified atom stereocenters. The van der Waals surface area contributed by atoms with Crippen LogP contribution in [0.2, 0.25) is 0 Å². The smallest absolute Gasteiger partial charge is 0.00222 e. The Kier molecular flexibility index (Phi) is 4.67. The first kappa shape index (κ1) is 11.8. The summed E-state index contributed by atoms with van der Waals surface area (Å²) in [5.41, 5.74) is 1.60. The molecule has 1 nitrogen and oxygen atoms in total. The molecule has 0 N–H and O–H groups in total. The average Bonchev–Trinajstić information content (AvgIpc) is 2.15. The van der Waals surface area contributed by atoms with Crippen LogP contribution in [0.5, 0.6) is 0 Å². The van der Waals surface area contributed by atoms with Gasteiger partial charge in [0, 0.05) is 0 Å². The van der Waals surface area contributed by atoms with Crippen LogP contribution in [-0.2, 0) is 0 Å². The Balaban J connectivity index is 2.28. The first-order valence-electron chi connectivity index (χ1n) is 5.90. The molecule has 2 atom stereocenters. The van der Waals surface area contributed by atoms with Gasteiger partial charge in [-0.15, -0.1) is 0 Å². The highest BCUT2D eigenvalue weighted by Gasteiger charge is 2.18. The number of hydrogen-bond acceptors (Lipinski definition) is 1. The molecule has 1 aliphatic carbocycles. The lowest BCUT2D eigenvalue weighted by Crippen LogP contribution is -2.21. The molecule has 0 aromatic rings. The van der Waals surface area contributed by atoms with Crippen LogP contribution in [0.4, 0.5) is 0 Å². The highest BCUT2D eigenvalue weighted by Crippen LogP contribution is 2.30. The van der Waals surface area contributed by atoms with Gasteiger partial charge in [0.1, 0.15) is 0 Å². The molecule has 0 amide bonds. The molecule has 1 rings (SSSR count). The Hall–Kier alpha value is -0.300. The van der Waals surface area contributed by atoms with Crippen LogP contribution in [0.1, 0.15) is 39.5 Å². The van der Waals surface area contributed by atoms with E-state index >= 15 is 0 Å². The Labute approximate surface area is 89.2 Å². The standard InChI is InChI=1S/C13H25N/c1-11-5-7-13(8-6-11)12(2)9-10-14(3)4/h5,12-13H,6-10H2,1-4H3. The van der Waals surface area contributed by atoms with Crippen molar-refractivity contribution in [2.45, 2.75) is 39.5 Å². The Bertz CT molecular complexity index is 193. The molecule has 0 fully saturated rings. The molecule has 14 heavy (non-hydrogen) atoms. The van der Waals surface area contributed by atoms with Crippen LogP contribution in [0, 0.1) is 11.8 Å². The second-order valence-corrected chi connectivity index (χ2v) is 5.15. The predicted molar refractivity (Wildman–Crippen MR) is 63.4 cm³/mol. The van der Waals surface area contributed by atoms with Crippen LogP contribution >= 0.6 is 0 Å². The molecule has 0 aromatic carbocycles. The maximum atomic E-state index is 2.44. The van der Waals surface area contributed by atoms with Crippen molar-refractivity contribution in [1.29, 1.82) is 0 Å². The summed E-state index contributed by atoms with van der Waals surface area (Å²) >= 11 is 0. The summed E-state index contributed by atoms with van der Waals surface area (Å²) in [5.74, 6) is 1.83. The summed E-state index contributed by atoms with van der Waals surface area (Å²) < 4.78 is 0. The molecule has 0 saturated carbocycles. The fourth-order valence-electron chi connectivity index (χ4n) is 2.20. The molecule has 1 heteroatoms. The summed E-state index contributed by atoms with van der Waals surface area (Å²) in [7, 11) is 4.33. The van der Waals surface area contributed by atoms with Crippen molar-refractivity contribution in [3.05, 3.63) is 11.6 Å². The van der Waals surface area contributed by atoms with Gasteiger partial charge in [-0.3, -0.25) is 0 Å². The minimum atomic E-state index is 0.891. The Morgan fingerprint density at radius 1 is 1.50 bits per heavy atom. The number of allylic oxidation sites excluding steroid dienone is 2. The van der Waals surface area contributed by atoms with Crippen LogP contribution in [-0.4, -0.2) is 25.5 Å². The highest BCUT2D eigenvalue weighted by atomic mass is 15.0. The number of rotatable bonds is 4. The lowest BCUT2D eigenvalue weighted by Gasteiger charge is -2.27. The fraction of sp³-hybridized carbons (Fsp3) is 0.846. The third-order valence-corrected chi connectivity index (χ3v) is 3.51. The van der Waals surface area contributed by atoms with Crippen molar-refractivity contribution in [1.82, 2.24) is 4.90 Å². The van der Waals surface area contributed by atoms with Gasteiger partial charge >= 0.3 is 0 Å². The predicted octanol–water partition coefficient (Wildman–Crippen LogP) is 3.32. The minimum Gasteiger partial charge on any atom is -0.309 e. The molecule has 0 heterocycles. The first-order valence-corrected chi connectivity index (χ1v) is 5.90. The lowest BCUT2D eigenvalue weighted by molar-refractivity contribution is 0.273. The van der Waals surface area contributed by atoms with Gasteiger partial charge in [-0.25, -0.2) is 0 Å². The van der Waals surface area contributed by atoms with Crippen LogP contribution < -0.4 is 0 Å². The van der Waals surface area contributed by atoms with E-state index in [1.54, 1.807) is 5.57 Å². The van der Waals surface area contributed by atoms with E-state index < -0.39 is 0 Å². The SMILES string of the molecule is CC1=CCC(C(C)CCN(C)C)CC1. The van der Waals surface area contributed by atoms with Crippen molar-refractivity contribution < 1.29 is 0 Å². The zero-order valence-corrected chi connectivity index (χ0v) is 10.2. The molecule has 0 aliphatic heterocycles. The van der Waals surface area contributed by atoms with Crippen LogP contribution in [0.3, 0.4) is 0 Å². The van der Waals surface area contributed by atoms with E-state index in [4.69, 9.17) is 0 Å². The largest absolute Gasteiger partial charge is 0.309 e. The summed E-state index contributed by atoms with van der Waals surface area (Å²) in [6, 6.07) is 0. The van der Waals surface area contributed by atoms with E-state index in [1.807, 2.05) is 0 Å². The molecular formula is C13H25N.